The molecule has 7 heteroatoms. The summed E-state index contributed by atoms with van der Waals surface area (Å²) in [4.78, 5) is 11.8. The Morgan fingerprint density at radius 2 is 2.45 bits per heavy atom. The van der Waals surface area contributed by atoms with Crippen LogP contribution in [-0.4, -0.2) is 33.6 Å². The number of hydrogen-bond acceptors (Lipinski definition) is 5. The van der Waals surface area contributed by atoms with Gasteiger partial charge in [-0.2, -0.15) is 5.10 Å². The van der Waals surface area contributed by atoms with Crippen molar-refractivity contribution in [2.24, 2.45) is 0 Å². The maximum absolute atomic E-state index is 11.8. The van der Waals surface area contributed by atoms with E-state index in [1.165, 1.54) is 18.7 Å². The number of rotatable bonds is 4. The molecule has 0 spiro atoms. The summed E-state index contributed by atoms with van der Waals surface area (Å²) in [6.07, 6.45) is 8.41. The number of carbonyl (C=O) groups is 1. The minimum absolute atomic E-state index is 0.174. The number of ether oxygens (including phenoxy) is 1. The van der Waals surface area contributed by atoms with Crippen molar-refractivity contribution >= 4 is 11.6 Å². The fraction of sp³-hybridized carbons (Fsp3) is 0.462. The summed E-state index contributed by atoms with van der Waals surface area (Å²) in [5.41, 5.74) is 0.627. The second-order valence-corrected chi connectivity index (χ2v) is 4.77. The van der Waals surface area contributed by atoms with Crippen LogP contribution < -0.4 is 5.32 Å². The summed E-state index contributed by atoms with van der Waals surface area (Å²) in [7, 11) is 0. The minimum Gasteiger partial charge on any atom is -0.376 e. The molecule has 2 aromatic heterocycles. The molecule has 0 unspecified atom stereocenters. The Balaban J connectivity index is 1.57. The van der Waals surface area contributed by atoms with E-state index in [-0.39, 0.29) is 17.8 Å². The van der Waals surface area contributed by atoms with Crippen LogP contribution in [0.5, 0.6) is 0 Å². The third-order valence-corrected chi connectivity index (χ3v) is 3.22. The molecule has 1 amide bonds. The molecule has 7 nitrogen and oxygen atoms in total. The summed E-state index contributed by atoms with van der Waals surface area (Å²) in [6.45, 7) is 1.53. The van der Waals surface area contributed by atoms with Gasteiger partial charge in [0.05, 0.1) is 30.7 Å². The topological polar surface area (TPSA) is 82.2 Å². The Morgan fingerprint density at radius 3 is 3.20 bits per heavy atom. The predicted molar refractivity (Wildman–Crippen MR) is 70.3 cm³/mol. The van der Waals surface area contributed by atoms with Crippen molar-refractivity contribution in [3.8, 4) is 0 Å². The van der Waals surface area contributed by atoms with Crippen LogP contribution in [0.15, 0.2) is 29.2 Å². The first kappa shape index (κ1) is 12.9. The molecule has 1 aliphatic rings. The molecular formula is C13H16N4O3. The predicted octanol–water partition coefficient (Wildman–Crippen LogP) is 1.69. The van der Waals surface area contributed by atoms with Gasteiger partial charge in [-0.05, 0) is 19.3 Å². The van der Waals surface area contributed by atoms with E-state index in [4.69, 9.17) is 9.26 Å². The van der Waals surface area contributed by atoms with Gasteiger partial charge in [0.15, 0.2) is 0 Å². The van der Waals surface area contributed by atoms with Gasteiger partial charge in [-0.25, -0.2) is 0 Å². The van der Waals surface area contributed by atoms with Gasteiger partial charge >= 0.3 is 0 Å². The van der Waals surface area contributed by atoms with E-state index in [1.807, 2.05) is 0 Å². The average molecular weight is 276 g/mol. The molecular weight excluding hydrogens is 260 g/mol. The van der Waals surface area contributed by atoms with E-state index in [9.17, 15) is 4.79 Å². The monoisotopic (exact) mass is 276 g/mol. The lowest BCUT2D eigenvalue weighted by Crippen LogP contribution is -2.24. The summed E-state index contributed by atoms with van der Waals surface area (Å²) in [5.74, 6) is -0.163. The zero-order valence-electron chi connectivity index (χ0n) is 11.0. The summed E-state index contributed by atoms with van der Waals surface area (Å²) in [5, 5.41) is 10.4. The fourth-order valence-corrected chi connectivity index (χ4v) is 2.21. The number of nitrogens with zero attached hydrogens (tertiary/aromatic N) is 3. The molecule has 1 saturated heterocycles. The summed E-state index contributed by atoms with van der Waals surface area (Å²) < 4.78 is 12.2. The van der Waals surface area contributed by atoms with Crippen LogP contribution in [0.3, 0.4) is 0 Å². The second kappa shape index (κ2) is 5.87. The average Bonchev–Trinajstić information content (AvgIpc) is 3.11. The maximum atomic E-state index is 11.8. The zero-order chi connectivity index (χ0) is 13.8. The number of carbonyl (C=O) groups excluding carboxylic acids is 1. The van der Waals surface area contributed by atoms with Crippen LogP contribution in [0.1, 0.15) is 29.8 Å². The van der Waals surface area contributed by atoms with Gasteiger partial charge in [-0.3, -0.25) is 9.48 Å². The molecule has 0 radical (unpaired) electrons. The molecule has 2 aromatic rings. The first-order valence-electron chi connectivity index (χ1n) is 6.67. The van der Waals surface area contributed by atoms with Crippen molar-refractivity contribution in [3.63, 3.8) is 0 Å². The van der Waals surface area contributed by atoms with Gasteiger partial charge in [-0.1, -0.05) is 5.16 Å². The van der Waals surface area contributed by atoms with Crippen molar-refractivity contribution in [1.82, 2.24) is 14.9 Å². The third kappa shape index (κ3) is 3.05. The molecule has 0 aliphatic carbocycles. The van der Waals surface area contributed by atoms with Crippen molar-refractivity contribution < 1.29 is 14.1 Å². The van der Waals surface area contributed by atoms with E-state index in [0.29, 0.717) is 12.2 Å². The highest BCUT2D eigenvalue weighted by Gasteiger charge is 2.16. The molecule has 0 saturated carbocycles. The molecule has 1 aliphatic heterocycles. The van der Waals surface area contributed by atoms with Crippen molar-refractivity contribution in [2.75, 3.05) is 11.9 Å². The van der Waals surface area contributed by atoms with E-state index < -0.39 is 0 Å². The Morgan fingerprint density at radius 1 is 1.50 bits per heavy atom. The number of hydrogen-bond donors (Lipinski definition) is 1. The molecule has 1 atom stereocenters. The first-order chi connectivity index (χ1) is 9.81. The highest BCUT2D eigenvalue weighted by atomic mass is 16.5. The van der Waals surface area contributed by atoms with Gasteiger partial charge in [0, 0.05) is 18.9 Å². The number of nitrogens with one attached hydrogen (secondary N) is 1. The van der Waals surface area contributed by atoms with Crippen LogP contribution in [-0.2, 0) is 11.3 Å². The fourth-order valence-electron chi connectivity index (χ4n) is 2.21. The van der Waals surface area contributed by atoms with Crippen LogP contribution in [0.2, 0.25) is 0 Å². The van der Waals surface area contributed by atoms with E-state index >= 15 is 0 Å². The molecule has 0 bridgehead atoms. The van der Waals surface area contributed by atoms with Crippen LogP contribution in [0, 0.1) is 0 Å². The Bertz CT molecular complexity index is 558. The smallest absolute Gasteiger partial charge is 0.294 e. The van der Waals surface area contributed by atoms with Crippen LogP contribution in [0.4, 0.5) is 5.69 Å². The van der Waals surface area contributed by atoms with Crippen LogP contribution in [0.25, 0.3) is 0 Å². The molecule has 106 valence electrons. The molecule has 20 heavy (non-hydrogen) atoms. The van der Waals surface area contributed by atoms with Crippen molar-refractivity contribution in [3.05, 3.63) is 30.4 Å². The molecule has 1 fully saturated rings. The Labute approximate surface area is 115 Å². The lowest BCUT2D eigenvalue weighted by molar-refractivity contribution is 0.00401. The van der Waals surface area contributed by atoms with E-state index in [0.717, 1.165) is 19.4 Å². The third-order valence-electron chi connectivity index (χ3n) is 3.22. The number of anilines is 1. The molecule has 1 N–H and O–H groups in total. The lowest BCUT2D eigenvalue weighted by atomic mass is 10.1. The van der Waals surface area contributed by atoms with Crippen molar-refractivity contribution in [1.29, 1.82) is 0 Å². The molecule has 3 heterocycles. The summed E-state index contributed by atoms with van der Waals surface area (Å²) >= 11 is 0. The highest BCUT2D eigenvalue weighted by Crippen LogP contribution is 2.15. The van der Waals surface area contributed by atoms with Crippen molar-refractivity contribution in [2.45, 2.75) is 31.9 Å². The van der Waals surface area contributed by atoms with Gasteiger partial charge in [0.2, 0.25) is 5.76 Å². The maximum Gasteiger partial charge on any atom is 0.294 e. The Hall–Kier alpha value is -2.15. The highest BCUT2D eigenvalue weighted by molar-refractivity contribution is 6.01. The second-order valence-electron chi connectivity index (χ2n) is 4.77. The quantitative estimate of drug-likeness (QED) is 0.919. The lowest BCUT2D eigenvalue weighted by Gasteiger charge is -2.22. The van der Waals surface area contributed by atoms with Crippen LogP contribution >= 0.6 is 0 Å². The van der Waals surface area contributed by atoms with E-state index in [2.05, 4.69) is 15.6 Å². The van der Waals surface area contributed by atoms with E-state index in [1.54, 1.807) is 17.1 Å². The van der Waals surface area contributed by atoms with Gasteiger partial charge in [0.1, 0.15) is 0 Å². The molecule has 0 aromatic carbocycles. The minimum atomic E-state index is -0.337. The summed E-state index contributed by atoms with van der Waals surface area (Å²) in [6, 6.07) is 1.51. The molecule has 3 rings (SSSR count). The number of amides is 1. The first-order valence-corrected chi connectivity index (χ1v) is 6.67. The zero-order valence-corrected chi connectivity index (χ0v) is 11.0. The van der Waals surface area contributed by atoms with Gasteiger partial charge in [0.25, 0.3) is 5.91 Å². The Kier molecular flexibility index (Phi) is 3.78. The number of aromatic nitrogens is 3. The van der Waals surface area contributed by atoms with Gasteiger partial charge < -0.3 is 14.6 Å². The SMILES string of the molecule is O=C(Nc1cnn(C[C@H]2CCCCO2)c1)c1ccno1. The largest absolute Gasteiger partial charge is 0.376 e. The normalized spacial score (nSPS) is 18.9. The van der Waals surface area contributed by atoms with Gasteiger partial charge in [-0.15, -0.1) is 0 Å². The standard InChI is InChI=1S/C13H16N4O3/c18-13(12-4-5-15-20-12)16-10-7-14-17(8-10)9-11-3-1-2-6-19-11/h4-5,7-8,11H,1-3,6,9H2,(H,16,18)/t11-/m1/s1.